The number of unbranched alkanes of at least 4 members (excludes halogenated alkanes) is 1. The van der Waals surface area contributed by atoms with Crippen LogP contribution in [0.2, 0.25) is 0 Å². The molecule has 8 atom stereocenters. The van der Waals surface area contributed by atoms with Crippen molar-refractivity contribution in [3.8, 4) is 0 Å². The molecule has 0 heterocycles. The van der Waals surface area contributed by atoms with Crippen molar-refractivity contribution in [2.75, 3.05) is 11.9 Å². The monoisotopic (exact) mass is 590 g/mol. The van der Waals surface area contributed by atoms with Crippen LogP contribution in [0.15, 0.2) is 11.6 Å². The van der Waals surface area contributed by atoms with E-state index in [9.17, 15) is 9.90 Å². The number of fused-ring (bicyclic) bond motifs is 7. The highest BCUT2D eigenvalue weighted by molar-refractivity contribution is 9.09. The summed E-state index contributed by atoms with van der Waals surface area (Å²) in [5.74, 6) is 1.64. The first-order valence-electron chi connectivity index (χ1n) is 15.8. The van der Waals surface area contributed by atoms with Gasteiger partial charge in [-0.3, -0.25) is 4.79 Å². The third kappa shape index (κ3) is 4.23. The van der Waals surface area contributed by atoms with Gasteiger partial charge in [-0.25, -0.2) is 0 Å². The minimum atomic E-state index is -0.345. The zero-order valence-electron chi connectivity index (χ0n) is 25.4. The van der Waals surface area contributed by atoms with Crippen LogP contribution in [0.25, 0.3) is 0 Å². The van der Waals surface area contributed by atoms with Crippen molar-refractivity contribution in [1.82, 2.24) is 0 Å². The van der Waals surface area contributed by atoms with Gasteiger partial charge in [-0.05, 0) is 122 Å². The van der Waals surface area contributed by atoms with Crippen molar-refractivity contribution in [3.63, 3.8) is 0 Å². The Morgan fingerprint density at radius 1 is 0.947 bits per heavy atom. The van der Waals surface area contributed by atoms with Gasteiger partial charge in [0.15, 0.2) is 0 Å². The predicted molar refractivity (Wildman–Crippen MR) is 159 cm³/mol. The van der Waals surface area contributed by atoms with E-state index in [-0.39, 0.29) is 44.6 Å². The molecule has 38 heavy (non-hydrogen) atoms. The second-order valence-electron chi connectivity index (χ2n) is 16.5. The molecule has 0 unspecified atom stereocenters. The normalized spacial score (nSPS) is 47.0. The van der Waals surface area contributed by atoms with Gasteiger partial charge in [0.25, 0.3) is 0 Å². The number of aliphatic hydroxyl groups excluding tert-OH is 1. The Morgan fingerprint density at radius 2 is 1.66 bits per heavy atom. The maximum absolute atomic E-state index is 13.9. The molecular weight excluding hydrogens is 536 g/mol. The maximum atomic E-state index is 13.9. The number of allylic oxidation sites excluding steroid dienone is 2. The first-order valence-corrected chi connectivity index (χ1v) is 16.9. The molecule has 0 aliphatic heterocycles. The van der Waals surface area contributed by atoms with Crippen LogP contribution in [0.3, 0.4) is 0 Å². The van der Waals surface area contributed by atoms with Gasteiger partial charge in [-0.2, -0.15) is 0 Å². The molecule has 5 aliphatic carbocycles. The van der Waals surface area contributed by atoms with Gasteiger partial charge in [-0.1, -0.05) is 76.0 Å². The van der Waals surface area contributed by atoms with Crippen molar-refractivity contribution in [2.24, 2.45) is 50.2 Å². The molecule has 5 rings (SSSR count). The van der Waals surface area contributed by atoms with Gasteiger partial charge >= 0.3 is 5.97 Å². The van der Waals surface area contributed by atoms with Gasteiger partial charge in [0, 0.05) is 5.33 Å². The number of halogens is 1. The number of carbonyl (C=O) groups is 1. The summed E-state index contributed by atoms with van der Waals surface area (Å²) in [6, 6.07) is 0. The standard InChI is InChI=1S/C34H55BrO3/c1-29(2)14-16-34(28(37)38-19-9-8-18-35)17-15-32(6)24(25(34)22-29)10-11-27-31(5)21-23(36)20-30(3,4)26(31)12-13-33(27,32)7/h10,23,25-27,36H,8-9,11-22H2,1-7H3/t23-,25+,26+,27-,31+,32-,33-,34+/m1/s1. The molecule has 0 amide bonds. The fraction of sp³-hybridized carbons (Fsp3) is 0.912. The van der Waals surface area contributed by atoms with Crippen LogP contribution < -0.4 is 0 Å². The van der Waals surface area contributed by atoms with E-state index in [1.807, 2.05) is 0 Å². The second-order valence-corrected chi connectivity index (χ2v) is 17.2. The molecule has 0 saturated heterocycles. The van der Waals surface area contributed by atoms with E-state index >= 15 is 0 Å². The van der Waals surface area contributed by atoms with Crippen LogP contribution in [0.1, 0.15) is 126 Å². The lowest BCUT2D eigenvalue weighted by Gasteiger charge is -2.71. The average molecular weight is 592 g/mol. The summed E-state index contributed by atoms with van der Waals surface area (Å²) < 4.78 is 6.06. The molecule has 5 aliphatic rings. The Hall–Kier alpha value is -0.350. The molecule has 4 heteroatoms. The van der Waals surface area contributed by atoms with Gasteiger partial charge in [0.1, 0.15) is 0 Å². The van der Waals surface area contributed by atoms with Crippen LogP contribution in [0.4, 0.5) is 0 Å². The maximum Gasteiger partial charge on any atom is 0.312 e. The fourth-order valence-corrected chi connectivity index (χ4v) is 11.8. The van der Waals surface area contributed by atoms with Crippen molar-refractivity contribution in [2.45, 2.75) is 132 Å². The molecule has 0 aromatic heterocycles. The highest BCUT2D eigenvalue weighted by Crippen LogP contribution is 2.75. The van der Waals surface area contributed by atoms with Crippen molar-refractivity contribution in [3.05, 3.63) is 11.6 Å². The number of ether oxygens (including phenoxy) is 1. The molecule has 0 aromatic rings. The first kappa shape index (κ1) is 29.2. The van der Waals surface area contributed by atoms with E-state index in [1.54, 1.807) is 5.57 Å². The van der Waals surface area contributed by atoms with Gasteiger partial charge in [0.2, 0.25) is 0 Å². The summed E-state index contributed by atoms with van der Waals surface area (Å²) in [6.45, 7) is 17.9. The largest absolute Gasteiger partial charge is 0.465 e. The molecule has 0 spiro atoms. The average Bonchev–Trinajstić information content (AvgIpc) is 2.80. The summed E-state index contributed by atoms with van der Waals surface area (Å²) >= 11 is 3.51. The molecule has 0 aromatic carbocycles. The Labute approximate surface area is 241 Å². The number of alkyl halides is 1. The lowest BCUT2D eigenvalue weighted by atomic mass is 9.33. The molecule has 0 radical (unpaired) electrons. The number of esters is 1. The number of hydrogen-bond donors (Lipinski definition) is 1. The molecule has 4 fully saturated rings. The van der Waals surface area contributed by atoms with E-state index in [1.165, 1.54) is 12.8 Å². The smallest absolute Gasteiger partial charge is 0.312 e. The van der Waals surface area contributed by atoms with E-state index in [0.717, 1.165) is 69.5 Å². The Balaban J connectivity index is 1.52. The number of aliphatic hydroxyl groups is 1. The van der Waals surface area contributed by atoms with Crippen LogP contribution >= 0.6 is 15.9 Å². The molecule has 3 nitrogen and oxygen atoms in total. The third-order valence-corrected chi connectivity index (χ3v) is 14.0. The van der Waals surface area contributed by atoms with Crippen LogP contribution in [0, 0.1) is 50.2 Å². The Kier molecular flexibility index (Phi) is 7.37. The zero-order chi connectivity index (χ0) is 27.8. The lowest BCUT2D eigenvalue weighted by molar-refractivity contribution is -0.202. The summed E-state index contributed by atoms with van der Waals surface area (Å²) in [5, 5.41) is 12.0. The second kappa shape index (κ2) is 9.60. The number of carbonyl (C=O) groups excluding carboxylic acids is 1. The highest BCUT2D eigenvalue weighted by Gasteiger charge is 2.69. The third-order valence-electron chi connectivity index (χ3n) is 13.5. The van der Waals surface area contributed by atoms with E-state index in [2.05, 4.69) is 70.5 Å². The van der Waals surface area contributed by atoms with Crippen molar-refractivity contribution in [1.29, 1.82) is 0 Å². The van der Waals surface area contributed by atoms with Crippen LogP contribution in [-0.2, 0) is 9.53 Å². The SMILES string of the molecule is CC1(C)CC[C@]2(C(=O)OCCCCBr)CC[C@]3(C)C(=CC[C@@H]4[C@@]5(C)C[C@H](O)CC(C)(C)[C@@H]5CC[C@]43C)[C@@H]2C1. The van der Waals surface area contributed by atoms with Crippen LogP contribution in [-0.4, -0.2) is 29.1 Å². The highest BCUT2D eigenvalue weighted by atomic mass is 79.9. The first-order chi connectivity index (χ1) is 17.7. The van der Waals surface area contributed by atoms with Gasteiger partial charge < -0.3 is 9.84 Å². The van der Waals surface area contributed by atoms with E-state index in [0.29, 0.717) is 24.4 Å². The zero-order valence-corrected chi connectivity index (χ0v) is 27.0. The molecule has 216 valence electrons. The molecule has 1 N–H and O–H groups in total. The minimum Gasteiger partial charge on any atom is -0.465 e. The fourth-order valence-electron chi connectivity index (χ4n) is 11.4. The summed E-state index contributed by atoms with van der Waals surface area (Å²) in [7, 11) is 0. The minimum absolute atomic E-state index is 0.0932. The van der Waals surface area contributed by atoms with E-state index < -0.39 is 0 Å². The number of rotatable bonds is 5. The molecule has 0 bridgehead atoms. The van der Waals surface area contributed by atoms with Crippen molar-refractivity contribution < 1.29 is 14.6 Å². The Morgan fingerprint density at radius 3 is 2.37 bits per heavy atom. The van der Waals surface area contributed by atoms with E-state index in [4.69, 9.17) is 4.74 Å². The van der Waals surface area contributed by atoms with Gasteiger partial charge in [-0.15, -0.1) is 0 Å². The number of hydrogen-bond acceptors (Lipinski definition) is 3. The van der Waals surface area contributed by atoms with Crippen molar-refractivity contribution >= 4 is 21.9 Å². The predicted octanol–water partition coefficient (Wildman–Crippen LogP) is 8.87. The Bertz CT molecular complexity index is 969. The quantitative estimate of drug-likeness (QED) is 0.150. The summed E-state index contributed by atoms with van der Waals surface area (Å²) in [4.78, 5) is 13.9. The lowest BCUT2D eigenvalue weighted by Crippen LogP contribution is -2.64. The summed E-state index contributed by atoms with van der Waals surface area (Å²) in [5.41, 5.74) is 2.16. The van der Waals surface area contributed by atoms with Gasteiger partial charge in [0.05, 0.1) is 18.1 Å². The summed E-state index contributed by atoms with van der Waals surface area (Å²) in [6.07, 6.45) is 15.2. The molecular formula is C34H55BrO3. The topological polar surface area (TPSA) is 46.5 Å². The van der Waals surface area contributed by atoms with Crippen LogP contribution in [0.5, 0.6) is 0 Å². The molecule has 4 saturated carbocycles.